The number of para-hydroxylation sites is 1. The van der Waals surface area contributed by atoms with Gasteiger partial charge < -0.3 is 10.1 Å². The number of anilines is 1. The van der Waals surface area contributed by atoms with Crippen molar-refractivity contribution in [2.24, 2.45) is 0 Å². The van der Waals surface area contributed by atoms with Gasteiger partial charge in [0.1, 0.15) is 11.8 Å². The second-order valence-corrected chi connectivity index (χ2v) is 6.89. The summed E-state index contributed by atoms with van der Waals surface area (Å²) in [5.41, 5.74) is 3.44. The molecule has 7 heteroatoms. The minimum Gasteiger partial charge on any atom is -0.496 e. The lowest BCUT2D eigenvalue weighted by atomic mass is 9.86. The van der Waals surface area contributed by atoms with E-state index in [0.717, 1.165) is 35.2 Å². The summed E-state index contributed by atoms with van der Waals surface area (Å²) in [5, 5.41) is 8.11. The number of hydrogen-bond donors (Lipinski definition) is 1. The monoisotopic (exact) mass is 373 g/mol. The Morgan fingerprint density at radius 1 is 1.18 bits per heavy atom. The van der Waals surface area contributed by atoms with Crippen molar-refractivity contribution in [3.8, 4) is 17.1 Å². The third-order valence-corrected chi connectivity index (χ3v) is 5.22. The standard InChI is InChI=1S/C21H19N5O2/c1-28-17-10-3-2-7-14(17)20-24-21-23-15-8-4-9-16(27)18(15)19(26(21)25-20)13-6-5-11-22-12-13/h2-3,5-7,10-12,19H,4,8-9H2,1H3,(H,23,24,25). The van der Waals surface area contributed by atoms with Crippen LogP contribution in [0.4, 0.5) is 5.95 Å². The van der Waals surface area contributed by atoms with Gasteiger partial charge in [0.05, 0.1) is 12.7 Å². The first-order chi connectivity index (χ1) is 13.8. The predicted molar refractivity (Wildman–Crippen MR) is 104 cm³/mol. The molecule has 1 aliphatic heterocycles. The summed E-state index contributed by atoms with van der Waals surface area (Å²) >= 11 is 0. The molecule has 7 nitrogen and oxygen atoms in total. The molecule has 1 N–H and O–H groups in total. The van der Waals surface area contributed by atoms with E-state index < -0.39 is 0 Å². The van der Waals surface area contributed by atoms with Crippen LogP contribution in [0.2, 0.25) is 0 Å². The number of rotatable bonds is 3. The normalized spacial score (nSPS) is 18.3. The summed E-state index contributed by atoms with van der Waals surface area (Å²) in [6.45, 7) is 0. The number of ether oxygens (including phenoxy) is 1. The molecule has 1 unspecified atom stereocenters. The maximum absolute atomic E-state index is 12.8. The van der Waals surface area contributed by atoms with E-state index in [4.69, 9.17) is 14.8 Å². The second kappa shape index (κ2) is 6.60. The topological polar surface area (TPSA) is 81.9 Å². The zero-order chi connectivity index (χ0) is 19.1. The van der Waals surface area contributed by atoms with E-state index in [9.17, 15) is 4.79 Å². The van der Waals surface area contributed by atoms with Gasteiger partial charge in [0.25, 0.3) is 0 Å². The van der Waals surface area contributed by atoms with Crippen LogP contribution < -0.4 is 10.1 Å². The van der Waals surface area contributed by atoms with Gasteiger partial charge in [-0.1, -0.05) is 18.2 Å². The smallest absolute Gasteiger partial charge is 0.226 e. The van der Waals surface area contributed by atoms with E-state index in [2.05, 4.69) is 10.3 Å². The first-order valence-electron chi connectivity index (χ1n) is 9.29. The Labute approximate surface area is 162 Å². The molecule has 0 saturated heterocycles. The zero-order valence-corrected chi connectivity index (χ0v) is 15.4. The first kappa shape index (κ1) is 16.7. The molecule has 1 aliphatic carbocycles. The van der Waals surface area contributed by atoms with Crippen LogP contribution in [0.25, 0.3) is 11.4 Å². The van der Waals surface area contributed by atoms with Gasteiger partial charge >= 0.3 is 0 Å². The zero-order valence-electron chi connectivity index (χ0n) is 15.4. The summed E-state index contributed by atoms with van der Waals surface area (Å²) in [7, 11) is 1.63. The highest BCUT2D eigenvalue weighted by Crippen LogP contribution is 2.41. The second-order valence-electron chi connectivity index (χ2n) is 6.89. The number of hydrogen-bond acceptors (Lipinski definition) is 6. The Balaban J connectivity index is 1.69. The Morgan fingerprint density at radius 3 is 2.89 bits per heavy atom. The van der Waals surface area contributed by atoms with Gasteiger partial charge in [-0.25, -0.2) is 4.68 Å². The SMILES string of the molecule is COc1ccccc1-c1nc2n(n1)C(c1cccnc1)C1=C(CCCC1=O)N2. The van der Waals surface area contributed by atoms with Crippen molar-refractivity contribution in [3.63, 3.8) is 0 Å². The molecule has 0 spiro atoms. The van der Waals surface area contributed by atoms with E-state index >= 15 is 0 Å². The maximum Gasteiger partial charge on any atom is 0.226 e. The highest BCUT2D eigenvalue weighted by atomic mass is 16.5. The number of methoxy groups -OCH3 is 1. The number of Topliss-reactive ketones (excluding diaryl/α,β-unsaturated/α-hetero) is 1. The Morgan fingerprint density at radius 2 is 2.07 bits per heavy atom. The number of nitrogens with zero attached hydrogens (tertiary/aromatic N) is 4. The summed E-state index contributed by atoms with van der Waals surface area (Å²) < 4.78 is 7.26. The predicted octanol–water partition coefficient (Wildman–Crippen LogP) is 3.37. The van der Waals surface area contributed by atoms with Crippen LogP contribution in [0.1, 0.15) is 30.9 Å². The molecule has 140 valence electrons. The van der Waals surface area contributed by atoms with Crippen LogP contribution >= 0.6 is 0 Å². The third-order valence-electron chi connectivity index (χ3n) is 5.22. The third kappa shape index (κ3) is 2.58. The molecule has 3 aromatic rings. The van der Waals surface area contributed by atoms with Crippen molar-refractivity contribution < 1.29 is 9.53 Å². The highest BCUT2D eigenvalue weighted by Gasteiger charge is 2.37. The Kier molecular flexibility index (Phi) is 3.93. The fourth-order valence-electron chi connectivity index (χ4n) is 3.95. The molecule has 0 fully saturated rings. The lowest BCUT2D eigenvalue weighted by Gasteiger charge is -2.31. The molecule has 0 bridgehead atoms. The van der Waals surface area contributed by atoms with Crippen molar-refractivity contribution in [2.45, 2.75) is 25.3 Å². The molecule has 2 aliphatic rings. The average molecular weight is 373 g/mol. The number of ketones is 1. The van der Waals surface area contributed by atoms with Crippen LogP contribution in [0.5, 0.6) is 5.75 Å². The first-order valence-corrected chi connectivity index (χ1v) is 9.29. The molecule has 28 heavy (non-hydrogen) atoms. The van der Waals surface area contributed by atoms with Crippen molar-refractivity contribution in [3.05, 3.63) is 65.6 Å². The fourth-order valence-corrected chi connectivity index (χ4v) is 3.95. The lowest BCUT2D eigenvalue weighted by Crippen LogP contribution is -2.31. The molecular formula is C21H19N5O2. The van der Waals surface area contributed by atoms with Crippen LogP contribution in [0, 0.1) is 0 Å². The minimum absolute atomic E-state index is 0.155. The fraction of sp³-hybridized carbons (Fsp3) is 0.238. The summed E-state index contributed by atoms with van der Waals surface area (Å²) in [6, 6.07) is 11.2. The number of fused-ring (bicyclic) bond motifs is 1. The van der Waals surface area contributed by atoms with Crippen molar-refractivity contribution in [1.82, 2.24) is 19.7 Å². The lowest BCUT2D eigenvalue weighted by molar-refractivity contribution is -0.116. The quantitative estimate of drug-likeness (QED) is 0.758. The summed E-state index contributed by atoms with van der Waals surface area (Å²) in [4.78, 5) is 21.8. The highest BCUT2D eigenvalue weighted by molar-refractivity contribution is 5.99. The number of nitrogens with one attached hydrogen (secondary N) is 1. The molecule has 0 saturated carbocycles. The molecule has 0 amide bonds. The number of aromatic nitrogens is 4. The average Bonchev–Trinajstić information content (AvgIpc) is 3.16. The van der Waals surface area contributed by atoms with Crippen LogP contribution in [0.15, 0.2) is 60.1 Å². The molecule has 0 radical (unpaired) electrons. The van der Waals surface area contributed by atoms with Crippen LogP contribution in [-0.2, 0) is 4.79 Å². The van der Waals surface area contributed by atoms with E-state index in [1.54, 1.807) is 24.2 Å². The number of pyridine rings is 1. The van der Waals surface area contributed by atoms with Crippen molar-refractivity contribution in [1.29, 1.82) is 0 Å². The van der Waals surface area contributed by atoms with Gasteiger partial charge in [0.2, 0.25) is 5.95 Å². The summed E-state index contributed by atoms with van der Waals surface area (Å²) in [5.74, 6) is 2.05. The van der Waals surface area contributed by atoms with E-state index in [1.165, 1.54) is 0 Å². The Bertz CT molecular complexity index is 1090. The largest absolute Gasteiger partial charge is 0.496 e. The number of benzene rings is 1. The molecule has 1 aromatic carbocycles. The molecule has 1 atom stereocenters. The number of carbonyl (C=O) groups is 1. The van der Waals surface area contributed by atoms with Gasteiger partial charge in [0.15, 0.2) is 11.6 Å². The van der Waals surface area contributed by atoms with Crippen LogP contribution in [-0.4, -0.2) is 32.6 Å². The minimum atomic E-state index is -0.330. The molecule has 3 heterocycles. The van der Waals surface area contributed by atoms with E-state index in [-0.39, 0.29) is 11.8 Å². The number of carbonyl (C=O) groups excluding carboxylic acids is 1. The molecule has 2 aromatic heterocycles. The van der Waals surface area contributed by atoms with Gasteiger partial charge in [-0.3, -0.25) is 9.78 Å². The van der Waals surface area contributed by atoms with Gasteiger partial charge in [0, 0.05) is 30.1 Å². The summed E-state index contributed by atoms with van der Waals surface area (Å²) in [6.07, 6.45) is 5.75. The van der Waals surface area contributed by atoms with Gasteiger partial charge in [-0.15, -0.1) is 5.10 Å². The van der Waals surface area contributed by atoms with Gasteiger partial charge in [-0.2, -0.15) is 4.98 Å². The number of allylic oxidation sites excluding steroid dienone is 2. The van der Waals surface area contributed by atoms with Crippen LogP contribution in [0.3, 0.4) is 0 Å². The maximum atomic E-state index is 12.8. The van der Waals surface area contributed by atoms with Gasteiger partial charge in [-0.05, 0) is 36.6 Å². The molecular weight excluding hydrogens is 354 g/mol. The van der Waals surface area contributed by atoms with Crippen molar-refractivity contribution >= 4 is 11.7 Å². The van der Waals surface area contributed by atoms with E-state index in [1.807, 2.05) is 36.4 Å². The molecule has 5 rings (SSSR count). The Hall–Kier alpha value is -3.48. The van der Waals surface area contributed by atoms with E-state index in [0.29, 0.717) is 23.9 Å². The van der Waals surface area contributed by atoms with Crippen molar-refractivity contribution in [2.75, 3.05) is 12.4 Å².